The van der Waals surface area contributed by atoms with Crippen molar-refractivity contribution in [2.75, 3.05) is 4.90 Å². The van der Waals surface area contributed by atoms with Crippen molar-refractivity contribution in [3.05, 3.63) is 230 Å². The average molecular weight is 890 g/mol. The highest BCUT2D eigenvalue weighted by Crippen LogP contribution is 2.48. The number of nitrogens with zero attached hydrogens (tertiary/aromatic N) is 1. The van der Waals surface area contributed by atoms with Crippen molar-refractivity contribution in [2.45, 2.75) is 42.9 Å². The lowest BCUT2D eigenvalue weighted by molar-refractivity contribution is 0.590. The van der Waals surface area contributed by atoms with Gasteiger partial charge in [0.05, 0.1) is 5.69 Å². The zero-order valence-corrected chi connectivity index (χ0v) is 40.0. The first-order chi connectivity index (χ1) is 32.8. The second-order valence-electron chi connectivity index (χ2n) is 19.7. The summed E-state index contributed by atoms with van der Waals surface area (Å²) in [5, 5.41) is 8.31. The minimum Gasteiger partial charge on any atom is -0.311 e. The standard InChI is InChI=1S/C63H48BNSSi/c1-41-35-57-62-59(36-41)66-58-34-31-44(49-29-18-22-42-21-14-15-27-48(42)49)37-54(58)64(62)53-40-61-52(39-56(53)65(57)55-33-32-45(63(2,3)4)38-51(55)43-19-8-5-9-20-43)50-28-16-17-30-60(50)67(61,46-23-10-6-11-24-46)47-25-12-7-13-26-47/h5-40H,1-4H3. The van der Waals surface area contributed by atoms with Crippen LogP contribution in [-0.2, 0) is 5.41 Å². The van der Waals surface area contributed by atoms with Crippen molar-refractivity contribution in [1.82, 2.24) is 0 Å². The molecule has 10 aromatic carbocycles. The van der Waals surface area contributed by atoms with E-state index >= 15 is 0 Å². The molecule has 13 rings (SSSR count). The van der Waals surface area contributed by atoms with Crippen molar-refractivity contribution in [3.8, 4) is 33.4 Å². The summed E-state index contributed by atoms with van der Waals surface area (Å²) in [5.41, 5.74) is 18.1. The monoisotopic (exact) mass is 889 g/mol. The van der Waals surface area contributed by atoms with Crippen LogP contribution in [0.2, 0.25) is 0 Å². The second kappa shape index (κ2) is 15.2. The van der Waals surface area contributed by atoms with Gasteiger partial charge in [0.15, 0.2) is 8.07 Å². The topological polar surface area (TPSA) is 3.24 Å². The molecule has 0 atom stereocenters. The van der Waals surface area contributed by atoms with Gasteiger partial charge in [-0.3, -0.25) is 0 Å². The summed E-state index contributed by atoms with van der Waals surface area (Å²) in [4.78, 5) is 5.32. The number of aryl methyl sites for hydroxylation is 1. The summed E-state index contributed by atoms with van der Waals surface area (Å²) in [6, 6.07) is 83.7. The van der Waals surface area contributed by atoms with Gasteiger partial charge >= 0.3 is 0 Å². The normalized spacial score (nSPS) is 14.0. The van der Waals surface area contributed by atoms with Gasteiger partial charge in [-0.05, 0) is 130 Å². The van der Waals surface area contributed by atoms with Gasteiger partial charge in [0, 0.05) is 26.7 Å². The Bertz CT molecular complexity index is 3570. The Labute approximate surface area is 399 Å². The third kappa shape index (κ3) is 6.09. The summed E-state index contributed by atoms with van der Waals surface area (Å²) >= 11 is 1.94. The minimum atomic E-state index is -2.83. The van der Waals surface area contributed by atoms with E-state index < -0.39 is 8.07 Å². The van der Waals surface area contributed by atoms with Crippen LogP contribution in [0.1, 0.15) is 31.9 Å². The molecule has 0 aromatic heterocycles. The number of benzene rings is 10. The lowest BCUT2D eigenvalue weighted by Gasteiger charge is -2.42. The van der Waals surface area contributed by atoms with E-state index in [-0.39, 0.29) is 12.1 Å². The lowest BCUT2D eigenvalue weighted by Crippen LogP contribution is -2.73. The molecule has 3 aliphatic heterocycles. The summed E-state index contributed by atoms with van der Waals surface area (Å²) in [7, 11) is -2.83. The predicted octanol–water partition coefficient (Wildman–Crippen LogP) is 11.9. The van der Waals surface area contributed by atoms with Crippen molar-refractivity contribution >= 4 is 91.5 Å². The summed E-state index contributed by atoms with van der Waals surface area (Å²) in [5.74, 6) is 0. The van der Waals surface area contributed by atoms with E-state index in [0.29, 0.717) is 0 Å². The molecule has 67 heavy (non-hydrogen) atoms. The fraction of sp³-hybridized carbons (Fsp3) is 0.0794. The zero-order chi connectivity index (χ0) is 45.0. The molecule has 3 aliphatic rings. The third-order valence-corrected chi connectivity index (χ3v) is 20.8. The Balaban J connectivity index is 1.16. The molecule has 0 N–H and O–H groups in total. The summed E-state index contributed by atoms with van der Waals surface area (Å²) < 4.78 is 0. The van der Waals surface area contributed by atoms with Crippen LogP contribution in [-0.4, -0.2) is 14.8 Å². The Morgan fingerprint density at radius 1 is 0.448 bits per heavy atom. The van der Waals surface area contributed by atoms with Gasteiger partial charge in [0.1, 0.15) is 0 Å². The lowest BCUT2D eigenvalue weighted by atomic mass is 9.34. The Morgan fingerprint density at radius 3 is 1.88 bits per heavy atom. The van der Waals surface area contributed by atoms with Crippen LogP contribution in [0.4, 0.5) is 17.1 Å². The van der Waals surface area contributed by atoms with Crippen LogP contribution < -0.4 is 42.0 Å². The number of fused-ring (bicyclic) bond motifs is 8. The van der Waals surface area contributed by atoms with Crippen LogP contribution in [0.3, 0.4) is 0 Å². The molecular formula is C63H48BNSSi. The zero-order valence-electron chi connectivity index (χ0n) is 38.2. The molecule has 4 heteroatoms. The highest BCUT2D eigenvalue weighted by Gasteiger charge is 2.51. The second-order valence-corrected chi connectivity index (χ2v) is 24.5. The van der Waals surface area contributed by atoms with Gasteiger partial charge in [-0.15, -0.1) is 0 Å². The van der Waals surface area contributed by atoms with Crippen LogP contribution in [0.5, 0.6) is 0 Å². The van der Waals surface area contributed by atoms with Crippen LogP contribution in [0.15, 0.2) is 228 Å². The maximum atomic E-state index is 2.71. The van der Waals surface area contributed by atoms with Crippen LogP contribution in [0, 0.1) is 6.92 Å². The molecule has 10 aromatic rings. The molecule has 0 aliphatic carbocycles. The number of hydrogen-bond donors (Lipinski definition) is 0. The molecule has 318 valence electrons. The number of anilines is 3. The van der Waals surface area contributed by atoms with Crippen LogP contribution >= 0.6 is 11.8 Å². The highest BCUT2D eigenvalue weighted by atomic mass is 32.2. The Morgan fingerprint density at radius 2 is 1.12 bits per heavy atom. The molecular weight excluding hydrogens is 842 g/mol. The van der Waals surface area contributed by atoms with Gasteiger partial charge in [-0.1, -0.05) is 220 Å². The van der Waals surface area contributed by atoms with Gasteiger partial charge in [-0.25, -0.2) is 0 Å². The van der Waals surface area contributed by atoms with E-state index in [1.165, 1.54) is 119 Å². The third-order valence-electron chi connectivity index (χ3n) is 14.8. The number of rotatable bonds is 5. The Kier molecular flexibility index (Phi) is 9.13. The van der Waals surface area contributed by atoms with Crippen molar-refractivity contribution in [3.63, 3.8) is 0 Å². The summed E-state index contributed by atoms with van der Waals surface area (Å²) in [6.07, 6.45) is 0. The molecule has 0 saturated heterocycles. The van der Waals surface area contributed by atoms with Crippen molar-refractivity contribution in [2.24, 2.45) is 0 Å². The van der Waals surface area contributed by atoms with E-state index in [4.69, 9.17) is 0 Å². The maximum absolute atomic E-state index is 2.83. The van der Waals surface area contributed by atoms with Crippen LogP contribution in [0.25, 0.3) is 44.2 Å². The molecule has 1 nitrogen and oxygen atoms in total. The molecule has 3 heterocycles. The molecule has 0 spiro atoms. The van der Waals surface area contributed by atoms with Gasteiger partial charge in [-0.2, -0.15) is 0 Å². The predicted molar refractivity (Wildman–Crippen MR) is 291 cm³/mol. The van der Waals surface area contributed by atoms with E-state index in [1.807, 2.05) is 11.8 Å². The fourth-order valence-corrected chi connectivity index (χ4v) is 18.2. The van der Waals surface area contributed by atoms with Gasteiger partial charge in [0.25, 0.3) is 0 Å². The molecule has 0 saturated carbocycles. The molecule has 0 radical (unpaired) electrons. The highest BCUT2D eigenvalue weighted by molar-refractivity contribution is 8.00. The van der Waals surface area contributed by atoms with E-state index in [0.717, 1.165) is 0 Å². The first-order valence-electron chi connectivity index (χ1n) is 23.6. The first kappa shape index (κ1) is 40.2. The van der Waals surface area contributed by atoms with E-state index in [9.17, 15) is 0 Å². The van der Waals surface area contributed by atoms with Crippen molar-refractivity contribution in [1.29, 1.82) is 0 Å². The quantitative estimate of drug-likeness (QED) is 0.158. The maximum Gasteiger partial charge on any atom is 0.249 e. The smallest absolute Gasteiger partial charge is 0.249 e. The largest absolute Gasteiger partial charge is 0.311 e. The Hall–Kier alpha value is -7.11. The van der Waals surface area contributed by atoms with E-state index in [2.05, 4.69) is 251 Å². The van der Waals surface area contributed by atoms with E-state index in [1.54, 1.807) is 0 Å². The molecule has 0 amide bonds. The van der Waals surface area contributed by atoms with Gasteiger partial charge in [0.2, 0.25) is 6.71 Å². The average Bonchev–Trinajstić information content (AvgIpc) is 3.65. The van der Waals surface area contributed by atoms with Crippen molar-refractivity contribution < 1.29 is 0 Å². The number of hydrogen-bond acceptors (Lipinski definition) is 2. The minimum absolute atomic E-state index is 0.00399. The molecule has 0 fully saturated rings. The molecule has 0 unspecified atom stereocenters. The first-order valence-corrected chi connectivity index (χ1v) is 26.4. The fourth-order valence-electron chi connectivity index (χ4n) is 11.8. The summed E-state index contributed by atoms with van der Waals surface area (Å²) in [6.45, 7) is 9.26. The van der Waals surface area contributed by atoms with Gasteiger partial charge < -0.3 is 4.90 Å². The SMILES string of the molecule is Cc1cc2c3c(c1)N(c1ccc(C(C)(C)C)cc1-c1ccccc1)c1cc4c(cc1B3c1cc(-c3cccc5ccccc35)ccc1S2)[Si](c1ccccc1)(c1ccccc1)c1ccccc1-4. The molecule has 0 bridgehead atoms.